The van der Waals surface area contributed by atoms with Crippen molar-refractivity contribution in [2.75, 3.05) is 5.73 Å². The van der Waals surface area contributed by atoms with Gasteiger partial charge >= 0.3 is 0 Å². The lowest BCUT2D eigenvalue weighted by Crippen LogP contribution is -2.34. The molecular formula is C15H20N4OS. The van der Waals surface area contributed by atoms with Gasteiger partial charge in [-0.2, -0.15) is 5.10 Å². The van der Waals surface area contributed by atoms with Gasteiger partial charge in [-0.1, -0.05) is 13.0 Å². The SMILES string of the molecule is CCc1nn(C)c(C(=O)N(Cc2cccs2)C2CC2)c1N. The molecule has 0 radical (unpaired) electrons. The number of thiophene rings is 1. The van der Waals surface area contributed by atoms with Crippen LogP contribution in [-0.2, 0) is 20.0 Å². The molecule has 0 spiro atoms. The summed E-state index contributed by atoms with van der Waals surface area (Å²) in [5, 5.41) is 6.40. The van der Waals surface area contributed by atoms with Crippen molar-refractivity contribution < 1.29 is 4.79 Å². The van der Waals surface area contributed by atoms with Crippen molar-refractivity contribution in [2.24, 2.45) is 7.05 Å². The maximum Gasteiger partial charge on any atom is 0.274 e. The number of aryl methyl sites for hydroxylation is 2. The highest BCUT2D eigenvalue weighted by Crippen LogP contribution is 2.32. The highest BCUT2D eigenvalue weighted by Gasteiger charge is 2.35. The largest absolute Gasteiger partial charge is 0.395 e. The first-order valence-corrected chi connectivity index (χ1v) is 8.14. The van der Waals surface area contributed by atoms with Crippen molar-refractivity contribution in [3.63, 3.8) is 0 Å². The molecule has 1 saturated carbocycles. The van der Waals surface area contributed by atoms with Crippen LogP contribution in [0.4, 0.5) is 5.69 Å². The first kappa shape index (κ1) is 14.1. The van der Waals surface area contributed by atoms with Gasteiger partial charge in [-0.05, 0) is 30.7 Å². The number of nitrogens with two attached hydrogens (primary N) is 1. The predicted molar refractivity (Wildman–Crippen MR) is 84.2 cm³/mol. The van der Waals surface area contributed by atoms with Gasteiger partial charge in [0.2, 0.25) is 0 Å². The van der Waals surface area contributed by atoms with E-state index in [1.54, 1.807) is 23.1 Å². The summed E-state index contributed by atoms with van der Waals surface area (Å²) < 4.78 is 1.63. The Labute approximate surface area is 128 Å². The molecule has 0 bridgehead atoms. The second-order valence-electron chi connectivity index (χ2n) is 5.43. The molecule has 2 heterocycles. The molecule has 112 valence electrons. The topological polar surface area (TPSA) is 64.2 Å². The van der Waals surface area contributed by atoms with Gasteiger partial charge in [-0.25, -0.2) is 0 Å². The van der Waals surface area contributed by atoms with E-state index in [0.717, 1.165) is 25.0 Å². The molecule has 6 heteroatoms. The van der Waals surface area contributed by atoms with Crippen LogP contribution in [0.25, 0.3) is 0 Å². The van der Waals surface area contributed by atoms with Gasteiger partial charge in [0.05, 0.1) is 17.9 Å². The molecule has 0 aliphatic heterocycles. The Balaban J connectivity index is 1.89. The molecule has 1 aliphatic rings. The van der Waals surface area contributed by atoms with E-state index in [1.807, 2.05) is 23.3 Å². The standard InChI is InChI=1S/C15H20N4OS/c1-3-12-13(16)14(18(2)17-12)15(20)19(10-6-7-10)9-11-5-4-8-21-11/h4-5,8,10H,3,6-7,9,16H2,1-2H3. The molecule has 21 heavy (non-hydrogen) atoms. The molecule has 1 amide bonds. The number of carbonyl (C=O) groups excluding carboxylic acids is 1. The molecule has 3 rings (SSSR count). The van der Waals surface area contributed by atoms with Crippen LogP contribution in [0.3, 0.4) is 0 Å². The van der Waals surface area contributed by atoms with Crippen LogP contribution in [0.2, 0.25) is 0 Å². The molecule has 0 unspecified atom stereocenters. The van der Waals surface area contributed by atoms with Gasteiger partial charge in [0, 0.05) is 18.0 Å². The van der Waals surface area contributed by atoms with E-state index < -0.39 is 0 Å². The number of nitrogen functional groups attached to an aromatic ring is 1. The van der Waals surface area contributed by atoms with Crippen molar-refractivity contribution >= 4 is 22.9 Å². The van der Waals surface area contributed by atoms with Gasteiger partial charge in [0.1, 0.15) is 5.69 Å². The average molecular weight is 304 g/mol. The summed E-state index contributed by atoms with van der Waals surface area (Å²) in [4.78, 5) is 16.1. The van der Waals surface area contributed by atoms with Crippen molar-refractivity contribution in [2.45, 2.75) is 38.8 Å². The fourth-order valence-corrected chi connectivity index (χ4v) is 3.27. The zero-order chi connectivity index (χ0) is 15.0. The Morgan fingerprint density at radius 3 is 2.86 bits per heavy atom. The number of amides is 1. The Hall–Kier alpha value is -1.82. The Morgan fingerprint density at radius 2 is 2.33 bits per heavy atom. The number of carbonyl (C=O) groups is 1. The van der Waals surface area contributed by atoms with Crippen LogP contribution >= 0.6 is 11.3 Å². The number of hydrogen-bond acceptors (Lipinski definition) is 4. The van der Waals surface area contributed by atoms with Gasteiger partial charge in [0.25, 0.3) is 5.91 Å². The minimum atomic E-state index is -0.00176. The van der Waals surface area contributed by atoms with Crippen LogP contribution in [0.15, 0.2) is 17.5 Å². The molecule has 1 aliphatic carbocycles. The molecule has 2 N–H and O–H groups in total. The van der Waals surface area contributed by atoms with Crippen molar-refractivity contribution in [1.29, 1.82) is 0 Å². The zero-order valence-electron chi connectivity index (χ0n) is 12.4. The van der Waals surface area contributed by atoms with Gasteiger partial charge < -0.3 is 10.6 Å². The molecule has 2 aromatic heterocycles. The van der Waals surface area contributed by atoms with Crippen molar-refractivity contribution in [3.05, 3.63) is 33.8 Å². The minimum absolute atomic E-state index is 0.00176. The third-order valence-corrected chi connectivity index (χ3v) is 4.71. The van der Waals surface area contributed by atoms with E-state index in [-0.39, 0.29) is 5.91 Å². The lowest BCUT2D eigenvalue weighted by molar-refractivity contribution is 0.0721. The highest BCUT2D eigenvalue weighted by molar-refractivity contribution is 7.09. The van der Waals surface area contributed by atoms with E-state index in [9.17, 15) is 4.79 Å². The van der Waals surface area contributed by atoms with Gasteiger partial charge in [-0.3, -0.25) is 9.48 Å². The molecule has 0 saturated heterocycles. The summed E-state index contributed by atoms with van der Waals surface area (Å²) >= 11 is 1.68. The Kier molecular flexibility index (Phi) is 3.71. The lowest BCUT2D eigenvalue weighted by atomic mass is 10.2. The smallest absolute Gasteiger partial charge is 0.274 e. The summed E-state index contributed by atoms with van der Waals surface area (Å²) in [7, 11) is 1.79. The summed E-state index contributed by atoms with van der Waals surface area (Å²) in [6, 6.07) is 4.43. The third-order valence-electron chi connectivity index (χ3n) is 3.85. The van der Waals surface area contributed by atoms with Crippen LogP contribution in [0.1, 0.15) is 40.8 Å². The second kappa shape index (κ2) is 5.52. The number of anilines is 1. The third kappa shape index (κ3) is 2.68. The van der Waals surface area contributed by atoms with Crippen LogP contribution in [0, 0.1) is 0 Å². The summed E-state index contributed by atoms with van der Waals surface area (Å²) in [5.74, 6) is -0.00176. The molecule has 5 nitrogen and oxygen atoms in total. The van der Waals surface area contributed by atoms with E-state index in [1.165, 1.54) is 4.88 Å². The van der Waals surface area contributed by atoms with E-state index in [2.05, 4.69) is 11.2 Å². The van der Waals surface area contributed by atoms with E-state index in [0.29, 0.717) is 24.0 Å². The molecule has 2 aromatic rings. The lowest BCUT2D eigenvalue weighted by Gasteiger charge is -2.22. The van der Waals surface area contributed by atoms with Crippen molar-refractivity contribution in [1.82, 2.24) is 14.7 Å². The predicted octanol–water partition coefficient (Wildman–Crippen LogP) is 2.43. The Morgan fingerprint density at radius 1 is 1.57 bits per heavy atom. The summed E-state index contributed by atoms with van der Waals surface area (Å²) in [6.07, 6.45) is 2.90. The summed E-state index contributed by atoms with van der Waals surface area (Å²) in [5.41, 5.74) is 7.97. The maximum absolute atomic E-state index is 12.9. The first-order chi connectivity index (χ1) is 10.1. The van der Waals surface area contributed by atoms with Crippen LogP contribution in [-0.4, -0.2) is 26.6 Å². The highest BCUT2D eigenvalue weighted by atomic mass is 32.1. The van der Waals surface area contributed by atoms with Gasteiger partial charge in [-0.15, -0.1) is 11.3 Å². The molecular weight excluding hydrogens is 284 g/mol. The molecule has 0 atom stereocenters. The fraction of sp³-hybridized carbons (Fsp3) is 0.467. The van der Waals surface area contributed by atoms with E-state index >= 15 is 0 Å². The number of rotatable bonds is 5. The normalized spacial score (nSPS) is 14.4. The Bertz CT molecular complexity index is 643. The first-order valence-electron chi connectivity index (χ1n) is 7.26. The maximum atomic E-state index is 12.9. The van der Waals surface area contributed by atoms with Gasteiger partial charge in [0.15, 0.2) is 0 Å². The summed E-state index contributed by atoms with van der Waals surface area (Å²) in [6.45, 7) is 2.66. The molecule has 1 fully saturated rings. The average Bonchev–Trinajstić information content (AvgIpc) is 3.09. The molecule has 0 aromatic carbocycles. The van der Waals surface area contributed by atoms with Crippen molar-refractivity contribution in [3.8, 4) is 0 Å². The number of aromatic nitrogens is 2. The number of nitrogens with zero attached hydrogens (tertiary/aromatic N) is 3. The zero-order valence-corrected chi connectivity index (χ0v) is 13.2. The van der Waals surface area contributed by atoms with Crippen LogP contribution in [0.5, 0.6) is 0 Å². The fourth-order valence-electron chi connectivity index (χ4n) is 2.57. The monoisotopic (exact) mass is 304 g/mol. The number of hydrogen-bond donors (Lipinski definition) is 1. The minimum Gasteiger partial charge on any atom is -0.395 e. The second-order valence-corrected chi connectivity index (χ2v) is 6.46. The van der Waals surface area contributed by atoms with E-state index in [4.69, 9.17) is 5.73 Å². The quantitative estimate of drug-likeness (QED) is 0.922. The van der Waals surface area contributed by atoms with Crippen LogP contribution < -0.4 is 5.73 Å².